The first kappa shape index (κ1) is 9.21. The molecule has 0 aromatic heterocycles. The van der Waals surface area contributed by atoms with E-state index in [0.29, 0.717) is 6.42 Å². The monoisotopic (exact) mass is 142 g/mol. The van der Waals surface area contributed by atoms with Crippen LogP contribution >= 0.6 is 0 Å². The van der Waals surface area contributed by atoms with Crippen LogP contribution in [0.1, 0.15) is 26.2 Å². The molecule has 58 valence electrons. The van der Waals surface area contributed by atoms with Gasteiger partial charge in [0.25, 0.3) is 0 Å². The molecule has 0 bridgehead atoms. The van der Waals surface area contributed by atoms with E-state index < -0.39 is 5.97 Å². The summed E-state index contributed by atoms with van der Waals surface area (Å²) in [6.45, 7) is 5.42. The van der Waals surface area contributed by atoms with Crippen LogP contribution in [0.3, 0.4) is 0 Å². The van der Waals surface area contributed by atoms with E-state index >= 15 is 0 Å². The molecule has 0 aliphatic heterocycles. The molecule has 2 heteroatoms. The van der Waals surface area contributed by atoms with Gasteiger partial charge in [0, 0.05) is 0 Å². The molecule has 0 aromatic carbocycles. The van der Waals surface area contributed by atoms with Crippen molar-refractivity contribution in [3.8, 4) is 0 Å². The summed E-state index contributed by atoms with van der Waals surface area (Å²) in [5.41, 5.74) is 0. The number of hydrogen-bond acceptors (Lipinski definition) is 1. The minimum atomic E-state index is -0.690. The van der Waals surface area contributed by atoms with Crippen LogP contribution in [0, 0.1) is 5.92 Å². The molecular formula is C8H14O2. The molecule has 0 rings (SSSR count). The number of carboxylic acids is 1. The Morgan fingerprint density at radius 1 is 1.80 bits per heavy atom. The number of hydrogen-bond donors (Lipinski definition) is 1. The van der Waals surface area contributed by atoms with Crippen molar-refractivity contribution in [2.24, 2.45) is 5.92 Å². The second kappa shape index (κ2) is 5.03. The van der Waals surface area contributed by atoms with Crippen LogP contribution in [0.4, 0.5) is 0 Å². The lowest BCUT2D eigenvalue weighted by molar-refractivity contribution is -0.142. The van der Waals surface area contributed by atoms with E-state index in [1.54, 1.807) is 6.08 Å². The Hall–Kier alpha value is -0.790. The third-order valence-electron chi connectivity index (χ3n) is 1.56. The summed E-state index contributed by atoms with van der Waals surface area (Å²) < 4.78 is 0. The normalized spacial score (nSPS) is 12.5. The third kappa shape index (κ3) is 3.28. The highest BCUT2D eigenvalue weighted by Gasteiger charge is 2.12. The zero-order valence-electron chi connectivity index (χ0n) is 6.34. The van der Waals surface area contributed by atoms with E-state index in [0.717, 1.165) is 12.8 Å². The number of rotatable bonds is 5. The van der Waals surface area contributed by atoms with E-state index in [1.807, 2.05) is 6.92 Å². The van der Waals surface area contributed by atoms with Gasteiger partial charge in [-0.1, -0.05) is 13.0 Å². The van der Waals surface area contributed by atoms with E-state index in [-0.39, 0.29) is 5.92 Å². The average Bonchev–Trinajstić information content (AvgIpc) is 1.89. The fourth-order valence-corrected chi connectivity index (χ4v) is 0.821. The van der Waals surface area contributed by atoms with Crippen LogP contribution in [0.2, 0.25) is 0 Å². The number of allylic oxidation sites excluding steroid dienone is 1. The van der Waals surface area contributed by atoms with Crippen LogP contribution in [0.25, 0.3) is 0 Å². The highest BCUT2D eigenvalue weighted by atomic mass is 16.4. The van der Waals surface area contributed by atoms with Gasteiger partial charge in [0.05, 0.1) is 5.92 Å². The van der Waals surface area contributed by atoms with Crippen molar-refractivity contribution >= 4 is 5.97 Å². The van der Waals surface area contributed by atoms with Crippen molar-refractivity contribution in [2.75, 3.05) is 0 Å². The summed E-state index contributed by atoms with van der Waals surface area (Å²) in [4.78, 5) is 10.4. The number of aliphatic carboxylic acids is 1. The molecule has 0 radical (unpaired) electrons. The van der Waals surface area contributed by atoms with Crippen molar-refractivity contribution in [2.45, 2.75) is 26.2 Å². The lowest BCUT2D eigenvalue weighted by Gasteiger charge is -2.05. The molecule has 0 aromatic rings. The summed E-state index contributed by atoms with van der Waals surface area (Å²) in [5, 5.41) is 8.57. The number of carbonyl (C=O) groups is 1. The summed E-state index contributed by atoms with van der Waals surface area (Å²) in [5.74, 6) is -0.873. The Morgan fingerprint density at radius 3 is 2.70 bits per heavy atom. The molecule has 1 unspecified atom stereocenters. The lowest BCUT2D eigenvalue weighted by Crippen LogP contribution is -2.11. The largest absolute Gasteiger partial charge is 0.481 e. The van der Waals surface area contributed by atoms with E-state index in [1.165, 1.54) is 0 Å². The van der Waals surface area contributed by atoms with Crippen molar-refractivity contribution in [1.29, 1.82) is 0 Å². The van der Waals surface area contributed by atoms with Gasteiger partial charge in [-0.05, 0) is 19.3 Å². The van der Waals surface area contributed by atoms with Crippen molar-refractivity contribution < 1.29 is 9.90 Å². The molecule has 0 heterocycles. The molecule has 0 aliphatic rings. The van der Waals surface area contributed by atoms with E-state index in [4.69, 9.17) is 5.11 Å². The van der Waals surface area contributed by atoms with Crippen LogP contribution < -0.4 is 0 Å². The Labute approximate surface area is 61.6 Å². The van der Waals surface area contributed by atoms with Gasteiger partial charge in [0.1, 0.15) is 0 Å². The fourth-order valence-electron chi connectivity index (χ4n) is 0.821. The molecule has 0 fully saturated rings. The quantitative estimate of drug-likeness (QED) is 0.596. The van der Waals surface area contributed by atoms with Crippen LogP contribution in [0.5, 0.6) is 0 Å². The molecule has 2 nitrogen and oxygen atoms in total. The van der Waals surface area contributed by atoms with Gasteiger partial charge >= 0.3 is 5.97 Å². The van der Waals surface area contributed by atoms with Gasteiger partial charge < -0.3 is 5.11 Å². The minimum Gasteiger partial charge on any atom is -0.481 e. The second-order valence-electron chi connectivity index (χ2n) is 2.31. The number of carboxylic acid groups (broad SMARTS) is 1. The summed E-state index contributed by atoms with van der Waals surface area (Å²) in [6, 6.07) is 0. The topological polar surface area (TPSA) is 37.3 Å². The first-order valence-corrected chi connectivity index (χ1v) is 3.56. The van der Waals surface area contributed by atoms with E-state index in [9.17, 15) is 4.79 Å². The van der Waals surface area contributed by atoms with Crippen molar-refractivity contribution in [1.82, 2.24) is 0 Å². The Bertz CT molecular complexity index is 118. The van der Waals surface area contributed by atoms with Crippen LogP contribution in [0.15, 0.2) is 12.7 Å². The standard InChI is InChI=1S/C8H14O2/c1-3-5-6-7(4-2)8(9)10/h3,7H,1,4-6H2,2H3,(H,9,10). The molecule has 1 atom stereocenters. The van der Waals surface area contributed by atoms with Crippen molar-refractivity contribution in [3.63, 3.8) is 0 Å². The van der Waals surface area contributed by atoms with Gasteiger partial charge in [-0.2, -0.15) is 0 Å². The van der Waals surface area contributed by atoms with Crippen molar-refractivity contribution in [3.05, 3.63) is 12.7 Å². The maximum Gasteiger partial charge on any atom is 0.306 e. The molecule has 0 amide bonds. The highest BCUT2D eigenvalue weighted by Crippen LogP contribution is 2.10. The third-order valence-corrected chi connectivity index (χ3v) is 1.56. The summed E-state index contributed by atoms with van der Waals surface area (Å²) in [7, 11) is 0. The first-order chi connectivity index (χ1) is 4.72. The molecule has 10 heavy (non-hydrogen) atoms. The maximum atomic E-state index is 10.4. The molecule has 1 N–H and O–H groups in total. The van der Waals surface area contributed by atoms with Crippen LogP contribution in [-0.2, 0) is 4.79 Å². The predicted molar refractivity (Wildman–Crippen MR) is 40.8 cm³/mol. The Balaban J connectivity index is 3.60. The SMILES string of the molecule is C=CCCC(CC)C(=O)O. The molecule has 0 saturated heterocycles. The highest BCUT2D eigenvalue weighted by molar-refractivity contribution is 5.69. The zero-order valence-corrected chi connectivity index (χ0v) is 6.34. The Kier molecular flexibility index (Phi) is 4.63. The van der Waals surface area contributed by atoms with Gasteiger partial charge in [-0.25, -0.2) is 0 Å². The smallest absolute Gasteiger partial charge is 0.306 e. The lowest BCUT2D eigenvalue weighted by atomic mass is 10.0. The fraction of sp³-hybridized carbons (Fsp3) is 0.625. The second-order valence-corrected chi connectivity index (χ2v) is 2.31. The molecule has 0 spiro atoms. The summed E-state index contributed by atoms with van der Waals surface area (Å²) >= 11 is 0. The summed E-state index contributed by atoms with van der Waals surface area (Å²) in [6.07, 6.45) is 3.98. The first-order valence-electron chi connectivity index (χ1n) is 3.56. The predicted octanol–water partition coefficient (Wildman–Crippen LogP) is 2.06. The van der Waals surface area contributed by atoms with Gasteiger partial charge in [0.15, 0.2) is 0 Å². The van der Waals surface area contributed by atoms with Crippen LogP contribution in [-0.4, -0.2) is 11.1 Å². The molecular weight excluding hydrogens is 128 g/mol. The maximum absolute atomic E-state index is 10.4. The van der Waals surface area contributed by atoms with Gasteiger partial charge in [-0.15, -0.1) is 6.58 Å². The minimum absolute atomic E-state index is 0.182. The Morgan fingerprint density at radius 2 is 2.40 bits per heavy atom. The van der Waals surface area contributed by atoms with Gasteiger partial charge in [0.2, 0.25) is 0 Å². The zero-order chi connectivity index (χ0) is 7.98. The molecule has 0 aliphatic carbocycles. The average molecular weight is 142 g/mol. The van der Waals surface area contributed by atoms with Gasteiger partial charge in [-0.3, -0.25) is 4.79 Å². The van der Waals surface area contributed by atoms with E-state index in [2.05, 4.69) is 6.58 Å². The molecule has 0 saturated carbocycles.